The van der Waals surface area contributed by atoms with Gasteiger partial charge in [-0.25, -0.2) is 13.4 Å². The Balaban J connectivity index is 1.53. The normalized spacial score (nSPS) is 16.7. The third kappa shape index (κ3) is 2.99. The number of hydrogen-bond donors (Lipinski definition) is 1. The van der Waals surface area contributed by atoms with Gasteiger partial charge in [-0.2, -0.15) is 4.31 Å². The summed E-state index contributed by atoms with van der Waals surface area (Å²) >= 11 is 0. The molecule has 1 fully saturated rings. The number of carbonyl (C=O) groups is 1. The van der Waals surface area contributed by atoms with Gasteiger partial charge in [-0.1, -0.05) is 0 Å². The van der Waals surface area contributed by atoms with Gasteiger partial charge >= 0.3 is 0 Å². The highest BCUT2D eigenvalue weighted by Gasteiger charge is 2.29. The van der Waals surface area contributed by atoms with Crippen LogP contribution in [-0.2, 0) is 10.0 Å². The maximum atomic E-state index is 13.0. The van der Waals surface area contributed by atoms with Gasteiger partial charge in [0.05, 0.1) is 4.90 Å². The molecule has 9 heteroatoms. The van der Waals surface area contributed by atoms with Gasteiger partial charge in [0.15, 0.2) is 12.0 Å². The van der Waals surface area contributed by atoms with Gasteiger partial charge in [0.2, 0.25) is 10.0 Å². The van der Waals surface area contributed by atoms with Crippen molar-refractivity contribution in [3.63, 3.8) is 0 Å². The van der Waals surface area contributed by atoms with Crippen molar-refractivity contribution in [3.8, 4) is 0 Å². The molecule has 1 aliphatic heterocycles. The molecule has 3 aromatic rings. The molecular weight excluding hydrogens is 356 g/mol. The first-order valence-electron chi connectivity index (χ1n) is 8.32. The molecular formula is C17H18N4O4S. The zero-order valence-corrected chi connectivity index (χ0v) is 14.8. The van der Waals surface area contributed by atoms with Crippen LogP contribution in [0.4, 0.5) is 0 Å². The summed E-state index contributed by atoms with van der Waals surface area (Å²) < 4.78 is 32.6. The lowest BCUT2D eigenvalue weighted by Gasteiger charge is -2.21. The first-order chi connectivity index (χ1) is 12.6. The molecule has 4 rings (SSSR count). The number of aromatic nitrogens is 2. The van der Waals surface area contributed by atoms with Crippen molar-refractivity contribution in [1.29, 1.82) is 0 Å². The van der Waals surface area contributed by atoms with Crippen molar-refractivity contribution >= 4 is 27.0 Å². The number of fused-ring (bicyclic) bond motifs is 1. The second-order valence-corrected chi connectivity index (χ2v) is 8.05. The number of rotatable bonds is 3. The summed E-state index contributed by atoms with van der Waals surface area (Å²) in [6.45, 7) is 1.49. The summed E-state index contributed by atoms with van der Waals surface area (Å²) in [6.07, 6.45) is 3.56. The molecule has 1 N–H and O–H groups in total. The average Bonchev–Trinajstić information content (AvgIpc) is 3.27. The first kappa shape index (κ1) is 16.8. The third-order valence-electron chi connectivity index (χ3n) is 4.51. The minimum atomic E-state index is -3.66. The number of benzene rings is 1. The molecule has 0 radical (unpaired) electrons. The number of carbonyl (C=O) groups excluding carboxylic acids is 1. The number of oxazole rings is 1. The Morgan fingerprint density at radius 2 is 2.04 bits per heavy atom. The van der Waals surface area contributed by atoms with Crippen molar-refractivity contribution in [2.24, 2.45) is 0 Å². The minimum Gasteiger partial charge on any atom is -0.443 e. The van der Waals surface area contributed by atoms with Crippen LogP contribution >= 0.6 is 0 Å². The zero-order chi connectivity index (χ0) is 18.1. The molecule has 0 spiro atoms. The Kier molecular flexibility index (Phi) is 4.25. The molecule has 1 saturated heterocycles. The monoisotopic (exact) mass is 374 g/mol. The lowest BCUT2D eigenvalue weighted by atomic mass is 10.3. The molecule has 0 atom stereocenters. The number of nitrogens with zero attached hydrogens (tertiary/aromatic N) is 3. The molecule has 3 heterocycles. The maximum absolute atomic E-state index is 13.0. The summed E-state index contributed by atoms with van der Waals surface area (Å²) in [5.74, 6) is -0.114. The fourth-order valence-corrected chi connectivity index (χ4v) is 4.60. The number of amides is 1. The topological polar surface area (TPSA) is 99.5 Å². The second-order valence-electron chi connectivity index (χ2n) is 6.12. The van der Waals surface area contributed by atoms with E-state index in [0.29, 0.717) is 42.8 Å². The molecule has 1 aromatic carbocycles. The molecule has 26 heavy (non-hydrogen) atoms. The standard InChI is InChI=1S/C17H18N4O4S/c22-17(15-3-1-6-18-15)20-7-2-8-21(10-9-20)26(23,24)13-4-5-14-16(11-13)25-12-19-14/h1,3-6,11-12,18H,2,7-10H2. The average molecular weight is 374 g/mol. The number of nitrogens with one attached hydrogen (secondary N) is 1. The molecule has 0 bridgehead atoms. The first-order valence-corrected chi connectivity index (χ1v) is 9.76. The highest BCUT2D eigenvalue weighted by atomic mass is 32.2. The summed E-state index contributed by atoms with van der Waals surface area (Å²) in [4.78, 5) is 21.2. The third-order valence-corrected chi connectivity index (χ3v) is 6.41. The quantitative estimate of drug-likeness (QED) is 0.752. The van der Waals surface area contributed by atoms with E-state index in [1.165, 1.54) is 22.8 Å². The second kappa shape index (κ2) is 6.58. The molecule has 0 aliphatic carbocycles. The van der Waals surface area contributed by atoms with Crippen LogP contribution in [0.3, 0.4) is 0 Å². The summed E-state index contributed by atoms with van der Waals surface area (Å²) in [7, 11) is -3.66. The minimum absolute atomic E-state index is 0.114. The number of H-pyrrole nitrogens is 1. The Morgan fingerprint density at radius 1 is 1.15 bits per heavy atom. The molecule has 136 valence electrons. The van der Waals surface area contributed by atoms with E-state index in [1.807, 2.05) is 0 Å². The highest BCUT2D eigenvalue weighted by molar-refractivity contribution is 7.89. The summed E-state index contributed by atoms with van der Waals surface area (Å²) in [5.41, 5.74) is 1.56. The SMILES string of the molecule is O=C(c1ccc[nH]1)N1CCCN(S(=O)(=O)c2ccc3ncoc3c2)CC1. The molecule has 2 aromatic heterocycles. The van der Waals surface area contributed by atoms with Crippen LogP contribution in [0, 0.1) is 0 Å². The number of sulfonamides is 1. The van der Waals surface area contributed by atoms with E-state index < -0.39 is 10.0 Å². The Bertz CT molecular complexity index is 1030. The van der Waals surface area contributed by atoms with E-state index in [4.69, 9.17) is 4.42 Å². The van der Waals surface area contributed by atoms with Crippen LogP contribution in [0.15, 0.2) is 52.2 Å². The largest absolute Gasteiger partial charge is 0.443 e. The number of hydrogen-bond acceptors (Lipinski definition) is 5. The van der Waals surface area contributed by atoms with E-state index in [2.05, 4.69) is 9.97 Å². The molecule has 1 aliphatic rings. The van der Waals surface area contributed by atoms with Crippen LogP contribution in [-0.4, -0.2) is 59.7 Å². The zero-order valence-electron chi connectivity index (χ0n) is 14.0. The van der Waals surface area contributed by atoms with E-state index >= 15 is 0 Å². The molecule has 1 amide bonds. The van der Waals surface area contributed by atoms with Crippen LogP contribution in [0.25, 0.3) is 11.1 Å². The predicted octanol–water partition coefficient (Wildman–Crippen LogP) is 1.69. The van der Waals surface area contributed by atoms with Gasteiger partial charge in [0, 0.05) is 38.4 Å². The fraction of sp³-hybridized carbons (Fsp3) is 0.294. The summed E-state index contributed by atoms with van der Waals surface area (Å²) in [6, 6.07) is 8.14. The fourth-order valence-electron chi connectivity index (χ4n) is 3.12. The van der Waals surface area contributed by atoms with Gasteiger partial charge in [-0.3, -0.25) is 4.79 Å². The van der Waals surface area contributed by atoms with Crippen molar-refractivity contribution < 1.29 is 17.6 Å². The van der Waals surface area contributed by atoms with Crippen molar-refractivity contribution in [1.82, 2.24) is 19.2 Å². The van der Waals surface area contributed by atoms with Gasteiger partial charge < -0.3 is 14.3 Å². The lowest BCUT2D eigenvalue weighted by molar-refractivity contribution is 0.0759. The van der Waals surface area contributed by atoms with Gasteiger partial charge in [0.25, 0.3) is 5.91 Å². The van der Waals surface area contributed by atoms with E-state index in [-0.39, 0.29) is 17.3 Å². The van der Waals surface area contributed by atoms with Gasteiger partial charge in [-0.15, -0.1) is 0 Å². The lowest BCUT2D eigenvalue weighted by Crippen LogP contribution is -2.37. The molecule has 0 unspecified atom stereocenters. The van der Waals surface area contributed by atoms with Gasteiger partial charge in [0.1, 0.15) is 11.2 Å². The molecule has 8 nitrogen and oxygen atoms in total. The van der Waals surface area contributed by atoms with Crippen molar-refractivity contribution in [3.05, 3.63) is 48.6 Å². The van der Waals surface area contributed by atoms with Crippen molar-refractivity contribution in [2.45, 2.75) is 11.3 Å². The number of aromatic amines is 1. The Hall–Kier alpha value is -2.65. The van der Waals surface area contributed by atoms with Crippen molar-refractivity contribution in [2.75, 3.05) is 26.2 Å². The van der Waals surface area contributed by atoms with Crippen LogP contribution < -0.4 is 0 Å². The van der Waals surface area contributed by atoms with Crippen LogP contribution in [0.5, 0.6) is 0 Å². The Labute approximate surface area is 150 Å². The summed E-state index contributed by atoms with van der Waals surface area (Å²) in [5, 5.41) is 0. The maximum Gasteiger partial charge on any atom is 0.270 e. The predicted molar refractivity (Wildman–Crippen MR) is 94.1 cm³/mol. The molecule has 0 saturated carbocycles. The Morgan fingerprint density at radius 3 is 2.85 bits per heavy atom. The van der Waals surface area contributed by atoms with Gasteiger partial charge in [-0.05, 0) is 30.7 Å². The van der Waals surface area contributed by atoms with E-state index in [1.54, 1.807) is 29.3 Å². The highest BCUT2D eigenvalue weighted by Crippen LogP contribution is 2.22. The van der Waals surface area contributed by atoms with E-state index in [0.717, 1.165) is 0 Å². The van der Waals surface area contributed by atoms with Crippen LogP contribution in [0.2, 0.25) is 0 Å². The smallest absolute Gasteiger partial charge is 0.270 e. The van der Waals surface area contributed by atoms with Crippen LogP contribution in [0.1, 0.15) is 16.9 Å². The van der Waals surface area contributed by atoms with E-state index in [9.17, 15) is 13.2 Å².